The van der Waals surface area contributed by atoms with Crippen molar-refractivity contribution in [2.24, 2.45) is 0 Å². The highest BCUT2D eigenvalue weighted by atomic mass is 32.1. The Labute approximate surface area is 81.8 Å². The summed E-state index contributed by atoms with van der Waals surface area (Å²) in [4.78, 5) is 10.9. The zero-order chi connectivity index (χ0) is 9.68. The molecule has 0 aromatic carbocycles. The van der Waals surface area contributed by atoms with Crippen LogP contribution in [0.4, 0.5) is 0 Å². The third-order valence-electron chi connectivity index (χ3n) is 1.58. The van der Waals surface area contributed by atoms with E-state index in [0.29, 0.717) is 6.61 Å². The average Bonchev–Trinajstić information content (AvgIpc) is 2.48. The van der Waals surface area contributed by atoms with Gasteiger partial charge in [-0.25, -0.2) is 4.79 Å². The third-order valence-corrected chi connectivity index (χ3v) is 2.46. The summed E-state index contributed by atoms with van der Waals surface area (Å²) in [6.07, 6.45) is 3.24. The van der Waals surface area contributed by atoms with E-state index in [-0.39, 0.29) is 5.97 Å². The lowest BCUT2D eigenvalue weighted by Crippen LogP contribution is -1.98. The van der Waals surface area contributed by atoms with Crippen molar-refractivity contribution in [3.8, 4) is 0 Å². The van der Waals surface area contributed by atoms with E-state index >= 15 is 0 Å². The Balaban J connectivity index is 2.58. The van der Waals surface area contributed by atoms with Gasteiger partial charge in [0, 0.05) is 6.08 Å². The molecule has 0 aliphatic carbocycles. The number of hydrogen-bond acceptors (Lipinski definition) is 3. The molecule has 0 aliphatic heterocycles. The fraction of sp³-hybridized carbons (Fsp3) is 0.300. The topological polar surface area (TPSA) is 26.3 Å². The van der Waals surface area contributed by atoms with Crippen molar-refractivity contribution in [3.05, 3.63) is 28.0 Å². The van der Waals surface area contributed by atoms with Crippen LogP contribution in [0.15, 0.2) is 16.8 Å². The van der Waals surface area contributed by atoms with Gasteiger partial charge in [-0.05, 0) is 41.8 Å². The van der Waals surface area contributed by atoms with Crippen LogP contribution in [0, 0.1) is 6.92 Å². The van der Waals surface area contributed by atoms with Crippen LogP contribution >= 0.6 is 11.3 Å². The summed E-state index contributed by atoms with van der Waals surface area (Å²) in [5.41, 5.74) is 2.27. The maximum absolute atomic E-state index is 10.9. The van der Waals surface area contributed by atoms with E-state index in [1.165, 1.54) is 11.6 Å². The Kier molecular flexibility index (Phi) is 3.71. The van der Waals surface area contributed by atoms with Gasteiger partial charge in [-0.15, -0.1) is 0 Å². The number of aryl methyl sites for hydroxylation is 1. The first-order valence-electron chi connectivity index (χ1n) is 4.11. The minimum Gasteiger partial charge on any atom is -0.463 e. The highest BCUT2D eigenvalue weighted by Crippen LogP contribution is 2.14. The third kappa shape index (κ3) is 3.03. The molecule has 1 rings (SSSR count). The number of hydrogen-bond donors (Lipinski definition) is 0. The molecule has 0 amide bonds. The van der Waals surface area contributed by atoms with Crippen LogP contribution in [0.3, 0.4) is 0 Å². The monoisotopic (exact) mass is 196 g/mol. The highest BCUT2D eigenvalue weighted by molar-refractivity contribution is 7.08. The molecule has 0 atom stereocenters. The van der Waals surface area contributed by atoms with E-state index in [9.17, 15) is 4.79 Å². The molecule has 0 aliphatic rings. The van der Waals surface area contributed by atoms with Crippen LogP contribution in [-0.4, -0.2) is 12.6 Å². The number of ether oxygens (including phenoxy) is 1. The second kappa shape index (κ2) is 4.82. The molecule has 1 aromatic rings. The highest BCUT2D eigenvalue weighted by Gasteiger charge is 1.96. The van der Waals surface area contributed by atoms with Gasteiger partial charge in [-0.1, -0.05) is 0 Å². The molecule has 3 heteroatoms. The van der Waals surface area contributed by atoms with Gasteiger partial charge in [0.05, 0.1) is 6.61 Å². The predicted molar refractivity (Wildman–Crippen MR) is 54.7 cm³/mol. The number of esters is 1. The van der Waals surface area contributed by atoms with E-state index in [1.54, 1.807) is 24.3 Å². The first-order chi connectivity index (χ1) is 6.24. The zero-order valence-corrected chi connectivity index (χ0v) is 8.56. The lowest BCUT2D eigenvalue weighted by Gasteiger charge is -1.94. The lowest BCUT2D eigenvalue weighted by molar-refractivity contribution is -0.137. The predicted octanol–water partition coefficient (Wildman–Crippen LogP) is 2.63. The Morgan fingerprint density at radius 3 is 2.92 bits per heavy atom. The van der Waals surface area contributed by atoms with Crippen molar-refractivity contribution in [1.82, 2.24) is 0 Å². The van der Waals surface area contributed by atoms with Crippen LogP contribution in [-0.2, 0) is 9.53 Å². The molecule has 70 valence electrons. The number of carbonyl (C=O) groups excluding carboxylic acids is 1. The van der Waals surface area contributed by atoms with Crippen molar-refractivity contribution in [2.45, 2.75) is 13.8 Å². The molecular weight excluding hydrogens is 184 g/mol. The molecule has 0 saturated heterocycles. The molecule has 1 aromatic heterocycles. The molecule has 0 fully saturated rings. The summed E-state index contributed by atoms with van der Waals surface area (Å²) in [5, 5.41) is 4.05. The molecule has 1 heterocycles. The minimum absolute atomic E-state index is 0.284. The molecule has 13 heavy (non-hydrogen) atoms. The number of thiophene rings is 1. The van der Waals surface area contributed by atoms with Gasteiger partial charge >= 0.3 is 5.97 Å². The van der Waals surface area contributed by atoms with Crippen molar-refractivity contribution >= 4 is 23.4 Å². The van der Waals surface area contributed by atoms with Gasteiger partial charge in [0.2, 0.25) is 0 Å². The second-order valence-corrected chi connectivity index (χ2v) is 3.34. The first kappa shape index (κ1) is 9.99. The van der Waals surface area contributed by atoms with Crippen molar-refractivity contribution < 1.29 is 9.53 Å². The quantitative estimate of drug-likeness (QED) is 0.548. The van der Waals surface area contributed by atoms with Gasteiger partial charge in [0.1, 0.15) is 0 Å². The smallest absolute Gasteiger partial charge is 0.330 e. The molecule has 0 bridgehead atoms. The largest absolute Gasteiger partial charge is 0.463 e. The normalized spacial score (nSPS) is 10.6. The molecule has 0 saturated carbocycles. The molecule has 0 radical (unpaired) electrons. The fourth-order valence-electron chi connectivity index (χ4n) is 0.889. The van der Waals surface area contributed by atoms with E-state index < -0.39 is 0 Å². The second-order valence-electron chi connectivity index (χ2n) is 2.60. The Morgan fingerprint density at radius 1 is 1.62 bits per heavy atom. The number of rotatable bonds is 3. The standard InChI is InChI=1S/C10H12O2S/c1-3-12-10(11)5-4-9-7-13-6-8(9)2/h4-7H,3H2,1-2H3/b5-4+. The molecule has 2 nitrogen and oxygen atoms in total. The van der Waals surface area contributed by atoms with Gasteiger partial charge in [0.25, 0.3) is 0 Å². The average molecular weight is 196 g/mol. The summed E-state index contributed by atoms with van der Waals surface area (Å²) in [5.74, 6) is -0.284. The van der Waals surface area contributed by atoms with Crippen LogP contribution in [0.25, 0.3) is 6.08 Å². The van der Waals surface area contributed by atoms with Crippen molar-refractivity contribution in [3.63, 3.8) is 0 Å². The van der Waals surface area contributed by atoms with E-state index in [0.717, 1.165) is 5.56 Å². The summed E-state index contributed by atoms with van der Waals surface area (Å²) < 4.78 is 4.76. The van der Waals surface area contributed by atoms with Crippen LogP contribution in [0.1, 0.15) is 18.1 Å². The Hall–Kier alpha value is -1.09. The van der Waals surface area contributed by atoms with E-state index in [4.69, 9.17) is 4.74 Å². The summed E-state index contributed by atoms with van der Waals surface area (Å²) in [7, 11) is 0. The summed E-state index contributed by atoms with van der Waals surface area (Å²) >= 11 is 1.63. The van der Waals surface area contributed by atoms with Gasteiger partial charge < -0.3 is 4.74 Å². The van der Waals surface area contributed by atoms with Crippen LogP contribution < -0.4 is 0 Å². The Morgan fingerprint density at radius 2 is 2.38 bits per heavy atom. The van der Waals surface area contributed by atoms with Gasteiger partial charge in [-0.3, -0.25) is 0 Å². The van der Waals surface area contributed by atoms with Crippen LogP contribution in [0.2, 0.25) is 0 Å². The minimum atomic E-state index is -0.284. The fourth-order valence-corrected chi connectivity index (χ4v) is 1.71. The SMILES string of the molecule is CCOC(=O)/C=C/c1cscc1C. The molecular formula is C10H12O2S. The van der Waals surface area contributed by atoms with Gasteiger partial charge in [-0.2, -0.15) is 11.3 Å². The van der Waals surface area contributed by atoms with E-state index in [2.05, 4.69) is 0 Å². The summed E-state index contributed by atoms with van der Waals surface area (Å²) in [6.45, 7) is 4.23. The zero-order valence-electron chi connectivity index (χ0n) is 7.74. The molecule has 0 unspecified atom stereocenters. The van der Waals surface area contributed by atoms with Crippen LogP contribution in [0.5, 0.6) is 0 Å². The van der Waals surface area contributed by atoms with Crippen molar-refractivity contribution in [1.29, 1.82) is 0 Å². The summed E-state index contributed by atoms with van der Waals surface area (Å²) in [6, 6.07) is 0. The molecule has 0 spiro atoms. The van der Waals surface area contributed by atoms with Crippen molar-refractivity contribution in [2.75, 3.05) is 6.61 Å². The first-order valence-corrected chi connectivity index (χ1v) is 5.06. The van der Waals surface area contributed by atoms with E-state index in [1.807, 2.05) is 17.7 Å². The van der Waals surface area contributed by atoms with Gasteiger partial charge in [0.15, 0.2) is 0 Å². The molecule has 0 N–H and O–H groups in total. The lowest BCUT2D eigenvalue weighted by atomic mass is 10.2. The maximum atomic E-state index is 10.9. The Bertz CT molecular complexity index is 312. The number of carbonyl (C=O) groups is 1. The maximum Gasteiger partial charge on any atom is 0.330 e.